The molecule has 0 radical (unpaired) electrons. The predicted molar refractivity (Wildman–Crippen MR) is 76.0 cm³/mol. The standard InChI is InChI=1S/C5H7O2.2C2H6N2.Co.F6P/c1-4(6)3-5(2)7;2*3-1-2-4;;1-7(2,3,4,5)6/h3H,1-2H3;2*3-4H,1-2H2;;/q-1;2*-2;+3;-1. The van der Waals surface area contributed by atoms with Crippen molar-refractivity contribution < 1.29 is 51.5 Å². The fourth-order valence-electron chi connectivity index (χ4n) is 0.286. The molecular weight excluding hydrogens is 400 g/mol. The first-order valence-electron chi connectivity index (χ1n) is 5.41. The van der Waals surface area contributed by atoms with Gasteiger partial charge in [0, 0.05) is 11.6 Å². The van der Waals surface area contributed by atoms with Crippen molar-refractivity contribution in [3.05, 3.63) is 29.4 Å². The molecule has 0 heterocycles. The van der Waals surface area contributed by atoms with E-state index in [2.05, 4.69) is 0 Å². The third-order valence-electron chi connectivity index (χ3n) is 0.657. The molecule has 0 bridgehead atoms. The summed E-state index contributed by atoms with van der Waals surface area (Å²) in [7, 11) is -10.7. The Morgan fingerprint density at radius 2 is 0.870 bits per heavy atom. The second kappa shape index (κ2) is 14.0. The molecule has 0 atom stereocenters. The number of ketones is 2. The number of hydrogen-bond acceptors (Lipinski definition) is 2. The van der Waals surface area contributed by atoms with Crippen LogP contribution in [0.1, 0.15) is 13.8 Å². The number of Topliss-reactive ketones (excluding diaryl/α,β-unsaturated/α-hetero) is 2. The van der Waals surface area contributed by atoms with Crippen molar-refractivity contribution in [3.63, 3.8) is 0 Å². The zero-order chi connectivity index (χ0) is 19.1. The van der Waals surface area contributed by atoms with E-state index in [1.54, 1.807) is 0 Å². The topological polar surface area (TPSA) is 129 Å². The summed E-state index contributed by atoms with van der Waals surface area (Å²) in [5, 5.41) is 0. The average molecular weight is 419 g/mol. The molecule has 0 unspecified atom stereocenters. The van der Waals surface area contributed by atoms with Gasteiger partial charge in [-0.05, 0) is 13.8 Å². The molecule has 23 heavy (non-hydrogen) atoms. The summed E-state index contributed by atoms with van der Waals surface area (Å²) >= 11 is 0. The maximum atomic E-state index is 9.98. The Labute approximate surface area is 141 Å². The molecule has 0 amide bonds. The Hall–Kier alpha value is -0.434. The molecular formula is C9H19CoF6N4O2P-3. The van der Waals surface area contributed by atoms with Crippen LogP contribution in [0, 0.1) is 6.42 Å². The zero-order valence-corrected chi connectivity index (χ0v) is 14.2. The number of carbonyl (C=O) groups excluding carboxylic acids is 2. The van der Waals surface area contributed by atoms with Crippen LogP contribution in [0.4, 0.5) is 25.2 Å². The Morgan fingerprint density at radius 3 is 0.870 bits per heavy atom. The zero-order valence-electron chi connectivity index (χ0n) is 12.3. The first kappa shape index (κ1) is 34.0. The van der Waals surface area contributed by atoms with Gasteiger partial charge in [0.15, 0.2) is 0 Å². The molecule has 0 aliphatic rings. The summed E-state index contributed by atoms with van der Waals surface area (Å²) < 4.78 is 59.2. The van der Waals surface area contributed by atoms with Crippen molar-refractivity contribution in [2.45, 2.75) is 13.8 Å². The van der Waals surface area contributed by atoms with Crippen LogP contribution in [0.2, 0.25) is 0 Å². The molecule has 146 valence electrons. The molecule has 0 fully saturated rings. The molecule has 0 aromatic rings. The summed E-state index contributed by atoms with van der Waals surface area (Å²) in [6.07, 6.45) is 1.06. The molecule has 0 saturated carbocycles. The number of rotatable bonds is 4. The normalized spacial score (nSPS) is 12.0. The predicted octanol–water partition coefficient (Wildman–Crippen LogP) is 5.93. The Bertz CT molecular complexity index is 283. The van der Waals surface area contributed by atoms with Crippen molar-refractivity contribution in [1.82, 2.24) is 0 Å². The van der Waals surface area contributed by atoms with Gasteiger partial charge in [-0.25, -0.2) is 0 Å². The summed E-state index contributed by atoms with van der Waals surface area (Å²) in [4.78, 5) is 20.0. The van der Waals surface area contributed by atoms with Crippen LogP contribution in [0.3, 0.4) is 0 Å². The Kier molecular flexibility index (Phi) is 20.6. The van der Waals surface area contributed by atoms with Crippen molar-refractivity contribution in [1.29, 1.82) is 0 Å². The van der Waals surface area contributed by atoms with Gasteiger partial charge < -0.3 is 32.5 Å². The Morgan fingerprint density at radius 1 is 0.739 bits per heavy atom. The number of halogens is 6. The van der Waals surface area contributed by atoms with Crippen LogP contribution >= 0.6 is 7.81 Å². The van der Waals surface area contributed by atoms with Gasteiger partial charge in [-0.2, -0.15) is 26.2 Å². The van der Waals surface area contributed by atoms with Crippen molar-refractivity contribution >= 4 is 19.4 Å². The fraction of sp³-hybridized carbons (Fsp3) is 0.667. The van der Waals surface area contributed by atoms with Gasteiger partial charge >= 0.3 is 49.8 Å². The van der Waals surface area contributed by atoms with Gasteiger partial charge in [0.2, 0.25) is 0 Å². The monoisotopic (exact) mass is 419 g/mol. The van der Waals surface area contributed by atoms with Crippen LogP contribution < -0.4 is 0 Å². The molecule has 0 aromatic carbocycles. The number of hydrogen-bond donors (Lipinski definition) is 0. The third kappa shape index (κ3) is 266. The molecule has 0 rings (SSSR count). The second-order valence-electron chi connectivity index (χ2n) is 3.32. The maximum Gasteiger partial charge on any atom is 3.00 e. The van der Waals surface area contributed by atoms with Crippen LogP contribution in [0.15, 0.2) is 0 Å². The summed E-state index contributed by atoms with van der Waals surface area (Å²) in [6, 6.07) is 0. The van der Waals surface area contributed by atoms with Gasteiger partial charge in [0.05, 0.1) is 0 Å². The molecule has 6 nitrogen and oxygen atoms in total. The summed E-state index contributed by atoms with van der Waals surface area (Å²) in [6.45, 7) is 3.64. The van der Waals surface area contributed by atoms with Gasteiger partial charge in [-0.3, -0.25) is 6.42 Å². The van der Waals surface area contributed by atoms with Gasteiger partial charge in [-0.1, -0.05) is 0 Å². The number of carbonyl (C=O) groups is 2. The van der Waals surface area contributed by atoms with Crippen molar-refractivity contribution in [2.75, 3.05) is 26.2 Å². The first-order valence-corrected chi connectivity index (χ1v) is 7.44. The molecule has 0 saturated heterocycles. The molecule has 4 N–H and O–H groups in total. The van der Waals surface area contributed by atoms with Crippen LogP contribution in [-0.2, 0) is 26.4 Å². The molecule has 0 aromatic heterocycles. The quantitative estimate of drug-likeness (QED) is 0.242. The summed E-state index contributed by atoms with van der Waals surface area (Å²) in [5.41, 5.74) is 25.1. The van der Waals surface area contributed by atoms with E-state index in [1.807, 2.05) is 0 Å². The molecule has 14 heteroatoms. The average Bonchev–Trinajstić information content (AvgIpc) is 2.23. The second-order valence-corrected chi connectivity index (χ2v) is 5.24. The largest absolute Gasteiger partial charge is 3.00 e. The Balaban J connectivity index is -0.0000000639. The first-order chi connectivity index (χ1) is 9.40. The van der Waals surface area contributed by atoms with E-state index in [0.717, 1.165) is 6.42 Å². The smallest absolute Gasteiger partial charge is 0.679 e. The molecule has 0 aliphatic carbocycles. The number of nitrogens with one attached hydrogen (secondary N) is 4. The van der Waals surface area contributed by atoms with Gasteiger partial charge in [0.25, 0.3) is 0 Å². The minimum atomic E-state index is -10.7. The van der Waals surface area contributed by atoms with Crippen LogP contribution in [-0.4, -0.2) is 37.7 Å². The van der Waals surface area contributed by atoms with Crippen LogP contribution in [0.25, 0.3) is 22.9 Å². The van der Waals surface area contributed by atoms with Gasteiger partial charge in [-0.15, -0.1) is 0 Å². The summed E-state index contributed by atoms with van der Waals surface area (Å²) in [5.74, 6) is -0.375. The van der Waals surface area contributed by atoms with E-state index in [-0.39, 0.29) is 54.5 Å². The molecule has 0 spiro atoms. The maximum absolute atomic E-state index is 10.7. The minimum absolute atomic E-state index is 0. The van der Waals surface area contributed by atoms with Crippen molar-refractivity contribution in [3.8, 4) is 0 Å². The third-order valence-corrected chi connectivity index (χ3v) is 0.657. The van der Waals surface area contributed by atoms with E-state index in [4.69, 9.17) is 22.9 Å². The van der Waals surface area contributed by atoms with E-state index in [1.165, 1.54) is 13.8 Å². The van der Waals surface area contributed by atoms with E-state index >= 15 is 0 Å². The molecule has 0 aliphatic heterocycles. The van der Waals surface area contributed by atoms with Crippen molar-refractivity contribution in [2.24, 2.45) is 0 Å². The fourth-order valence-corrected chi connectivity index (χ4v) is 0.286. The van der Waals surface area contributed by atoms with E-state index in [0.29, 0.717) is 0 Å². The van der Waals surface area contributed by atoms with Gasteiger partial charge in [0.1, 0.15) is 0 Å². The minimum Gasteiger partial charge on any atom is -0.679 e. The SMILES string of the molecule is CC(=O)[CH-]C(C)=O.F[P-](F)(F)(F)(F)F.[Co+3].[NH-]CC[NH-].[NH-]CC[NH-]. The van der Waals surface area contributed by atoms with E-state index in [9.17, 15) is 34.8 Å². The van der Waals surface area contributed by atoms with Crippen LogP contribution in [0.5, 0.6) is 0 Å². The van der Waals surface area contributed by atoms with E-state index < -0.39 is 7.81 Å².